The van der Waals surface area contributed by atoms with Crippen molar-refractivity contribution in [1.29, 1.82) is 0 Å². The van der Waals surface area contributed by atoms with Gasteiger partial charge in [0, 0.05) is 10.4 Å². The minimum atomic E-state index is -0.319. The standard InChI is InChI=1S/C13H8Br2ClFO/c14-11-5-9(2-1-8(11)7-16)18-10-3-4-13(17)12(15)6-10/h1-6H,7H2. The van der Waals surface area contributed by atoms with Crippen LogP contribution in [0.4, 0.5) is 4.39 Å². The van der Waals surface area contributed by atoms with Crippen LogP contribution in [0, 0.1) is 5.82 Å². The van der Waals surface area contributed by atoms with E-state index in [0.29, 0.717) is 21.9 Å². The summed E-state index contributed by atoms with van der Waals surface area (Å²) < 4.78 is 20.0. The molecular weight excluding hydrogens is 386 g/mol. The summed E-state index contributed by atoms with van der Waals surface area (Å²) in [5, 5.41) is 0. The van der Waals surface area contributed by atoms with Gasteiger partial charge in [0.25, 0.3) is 0 Å². The molecule has 94 valence electrons. The van der Waals surface area contributed by atoms with Crippen molar-refractivity contribution >= 4 is 43.5 Å². The van der Waals surface area contributed by atoms with Gasteiger partial charge in [0.2, 0.25) is 0 Å². The molecule has 0 atom stereocenters. The normalized spacial score (nSPS) is 10.4. The smallest absolute Gasteiger partial charge is 0.137 e. The first-order valence-electron chi connectivity index (χ1n) is 5.07. The molecule has 0 spiro atoms. The molecule has 0 aliphatic heterocycles. The van der Waals surface area contributed by atoms with E-state index in [1.54, 1.807) is 12.1 Å². The molecule has 0 bridgehead atoms. The molecule has 0 amide bonds. The number of hydrogen-bond acceptors (Lipinski definition) is 1. The van der Waals surface area contributed by atoms with E-state index >= 15 is 0 Å². The zero-order valence-corrected chi connectivity index (χ0v) is 13.0. The number of rotatable bonds is 3. The second kappa shape index (κ2) is 6.04. The Labute approximate surface area is 126 Å². The predicted molar refractivity (Wildman–Crippen MR) is 77.9 cm³/mol. The Morgan fingerprint density at radius 2 is 1.61 bits per heavy atom. The van der Waals surface area contributed by atoms with E-state index < -0.39 is 0 Å². The highest BCUT2D eigenvalue weighted by Gasteiger charge is 2.05. The summed E-state index contributed by atoms with van der Waals surface area (Å²) in [5.41, 5.74) is 0.990. The topological polar surface area (TPSA) is 9.23 Å². The highest BCUT2D eigenvalue weighted by atomic mass is 79.9. The van der Waals surface area contributed by atoms with Crippen molar-refractivity contribution < 1.29 is 9.13 Å². The van der Waals surface area contributed by atoms with Crippen LogP contribution in [0.5, 0.6) is 11.5 Å². The van der Waals surface area contributed by atoms with Crippen LogP contribution < -0.4 is 4.74 Å². The fraction of sp³-hybridized carbons (Fsp3) is 0.0769. The molecule has 0 aliphatic carbocycles. The Kier molecular flexibility index (Phi) is 4.65. The van der Waals surface area contributed by atoms with Gasteiger partial charge in [-0.2, -0.15) is 0 Å². The third kappa shape index (κ3) is 3.25. The van der Waals surface area contributed by atoms with Gasteiger partial charge in [0.1, 0.15) is 17.3 Å². The van der Waals surface area contributed by atoms with Crippen molar-refractivity contribution in [2.75, 3.05) is 0 Å². The Balaban J connectivity index is 2.23. The quantitative estimate of drug-likeness (QED) is 0.591. The average molecular weight is 394 g/mol. The Morgan fingerprint density at radius 3 is 2.17 bits per heavy atom. The molecule has 0 saturated carbocycles. The first-order chi connectivity index (χ1) is 8.60. The SMILES string of the molecule is Fc1ccc(Oc2ccc(CCl)c(Br)c2)cc1Br. The van der Waals surface area contributed by atoms with Gasteiger partial charge < -0.3 is 4.74 Å². The average Bonchev–Trinajstić information content (AvgIpc) is 2.34. The van der Waals surface area contributed by atoms with Gasteiger partial charge in [0.15, 0.2) is 0 Å². The minimum Gasteiger partial charge on any atom is -0.457 e. The van der Waals surface area contributed by atoms with Gasteiger partial charge in [-0.15, -0.1) is 11.6 Å². The van der Waals surface area contributed by atoms with E-state index in [9.17, 15) is 4.39 Å². The summed E-state index contributed by atoms with van der Waals surface area (Å²) in [6.45, 7) is 0. The van der Waals surface area contributed by atoms with E-state index in [-0.39, 0.29) is 5.82 Å². The summed E-state index contributed by atoms with van der Waals surface area (Å²) in [6, 6.07) is 10.0. The lowest BCUT2D eigenvalue weighted by Gasteiger charge is -2.08. The molecule has 18 heavy (non-hydrogen) atoms. The molecule has 0 aromatic heterocycles. The molecule has 0 N–H and O–H groups in total. The minimum absolute atomic E-state index is 0.319. The van der Waals surface area contributed by atoms with Gasteiger partial charge in [-0.05, 0) is 51.8 Å². The van der Waals surface area contributed by atoms with Crippen LogP contribution in [0.25, 0.3) is 0 Å². The van der Waals surface area contributed by atoms with Gasteiger partial charge in [-0.3, -0.25) is 0 Å². The number of halogens is 4. The van der Waals surface area contributed by atoms with Crippen molar-refractivity contribution in [1.82, 2.24) is 0 Å². The van der Waals surface area contributed by atoms with Gasteiger partial charge >= 0.3 is 0 Å². The van der Waals surface area contributed by atoms with Crippen LogP contribution in [0.3, 0.4) is 0 Å². The highest BCUT2D eigenvalue weighted by Crippen LogP contribution is 2.29. The lowest BCUT2D eigenvalue weighted by Crippen LogP contribution is -1.87. The van der Waals surface area contributed by atoms with Crippen molar-refractivity contribution in [2.45, 2.75) is 5.88 Å². The Morgan fingerprint density at radius 1 is 1.00 bits per heavy atom. The summed E-state index contributed by atoms with van der Waals surface area (Å²) in [6.07, 6.45) is 0. The van der Waals surface area contributed by atoms with Gasteiger partial charge in [-0.25, -0.2) is 4.39 Å². The van der Waals surface area contributed by atoms with Gasteiger partial charge in [0.05, 0.1) is 4.47 Å². The van der Waals surface area contributed by atoms with E-state index in [2.05, 4.69) is 31.9 Å². The molecule has 1 nitrogen and oxygen atoms in total. The lowest BCUT2D eigenvalue weighted by atomic mass is 10.2. The molecule has 0 radical (unpaired) electrons. The van der Waals surface area contributed by atoms with E-state index in [1.165, 1.54) is 6.07 Å². The van der Waals surface area contributed by atoms with Crippen LogP contribution in [0.2, 0.25) is 0 Å². The first-order valence-corrected chi connectivity index (χ1v) is 7.19. The largest absolute Gasteiger partial charge is 0.457 e. The van der Waals surface area contributed by atoms with Crippen LogP contribution >= 0.6 is 43.5 Å². The predicted octanol–water partition coefficient (Wildman–Crippen LogP) is 5.88. The molecule has 0 unspecified atom stereocenters. The third-order valence-corrected chi connectivity index (χ3v) is 3.93. The maximum Gasteiger partial charge on any atom is 0.137 e. The zero-order valence-electron chi connectivity index (χ0n) is 9.09. The molecule has 0 saturated heterocycles. The Bertz CT molecular complexity index is 575. The second-order valence-electron chi connectivity index (χ2n) is 3.56. The number of benzene rings is 2. The molecule has 2 aromatic rings. The molecule has 5 heteroatoms. The maximum absolute atomic E-state index is 13.1. The maximum atomic E-state index is 13.1. The lowest BCUT2D eigenvalue weighted by molar-refractivity contribution is 0.479. The third-order valence-electron chi connectivity index (χ3n) is 2.30. The highest BCUT2D eigenvalue weighted by molar-refractivity contribution is 9.10. The monoisotopic (exact) mass is 392 g/mol. The van der Waals surface area contributed by atoms with Crippen molar-refractivity contribution in [3.63, 3.8) is 0 Å². The molecular formula is C13H8Br2ClFO. The van der Waals surface area contributed by atoms with Crippen LogP contribution in [0.1, 0.15) is 5.56 Å². The molecule has 0 fully saturated rings. The van der Waals surface area contributed by atoms with Crippen LogP contribution in [0.15, 0.2) is 45.3 Å². The fourth-order valence-electron chi connectivity index (χ4n) is 1.38. The van der Waals surface area contributed by atoms with Crippen LogP contribution in [-0.2, 0) is 5.88 Å². The number of hydrogen-bond donors (Lipinski definition) is 0. The summed E-state index contributed by atoms with van der Waals surface area (Å²) in [5.74, 6) is 1.34. The van der Waals surface area contributed by atoms with Gasteiger partial charge in [-0.1, -0.05) is 22.0 Å². The summed E-state index contributed by atoms with van der Waals surface area (Å²) in [7, 11) is 0. The molecule has 2 rings (SSSR count). The van der Waals surface area contributed by atoms with Crippen molar-refractivity contribution in [2.24, 2.45) is 0 Å². The number of ether oxygens (including phenoxy) is 1. The van der Waals surface area contributed by atoms with E-state index in [4.69, 9.17) is 16.3 Å². The second-order valence-corrected chi connectivity index (χ2v) is 5.54. The molecule has 0 aliphatic rings. The van der Waals surface area contributed by atoms with Crippen LogP contribution in [-0.4, -0.2) is 0 Å². The van der Waals surface area contributed by atoms with Crippen molar-refractivity contribution in [3.8, 4) is 11.5 Å². The van der Waals surface area contributed by atoms with Crippen molar-refractivity contribution in [3.05, 3.63) is 56.7 Å². The Hall–Kier alpha value is -0.580. The number of alkyl halides is 1. The first kappa shape index (κ1) is 13.8. The summed E-state index contributed by atoms with van der Waals surface area (Å²) >= 11 is 12.3. The zero-order chi connectivity index (χ0) is 13.1. The fourth-order valence-corrected chi connectivity index (χ4v) is 2.63. The van der Waals surface area contributed by atoms with E-state index in [1.807, 2.05) is 18.2 Å². The van der Waals surface area contributed by atoms with E-state index in [0.717, 1.165) is 10.0 Å². The molecule has 0 heterocycles. The summed E-state index contributed by atoms with van der Waals surface area (Å²) in [4.78, 5) is 0. The molecule has 2 aromatic carbocycles.